The molecule has 0 heterocycles. The molecular weight excluding hydrogens is 497 g/mol. The second-order valence-corrected chi connectivity index (χ2v) is 7.26. The van der Waals surface area contributed by atoms with Gasteiger partial charge in [0.2, 0.25) is 0 Å². The number of benzene rings is 2. The lowest BCUT2D eigenvalue weighted by molar-refractivity contribution is -0.137. The molecule has 0 aromatic heterocycles. The van der Waals surface area contributed by atoms with Gasteiger partial charge in [-0.05, 0) is 64.5 Å². The minimum atomic E-state index is -4.54. The van der Waals surface area contributed by atoms with E-state index in [4.69, 9.17) is 33.3 Å². The molecule has 29 heavy (non-hydrogen) atoms. The Labute approximate surface area is 183 Å². The normalized spacial score (nSPS) is 11.1. The van der Waals surface area contributed by atoms with Crippen molar-refractivity contribution in [2.24, 2.45) is 0 Å². The van der Waals surface area contributed by atoms with E-state index < -0.39 is 17.6 Å². The molecule has 1 amide bonds. The van der Waals surface area contributed by atoms with Crippen LogP contribution in [0.1, 0.15) is 15.9 Å². The van der Waals surface area contributed by atoms with Gasteiger partial charge in [0.1, 0.15) is 12.4 Å². The number of anilines is 1. The minimum Gasteiger partial charge on any atom is -0.490 e. The summed E-state index contributed by atoms with van der Waals surface area (Å²) in [5, 5.41) is 4.71. The third-order valence-electron chi connectivity index (χ3n) is 3.51. The molecule has 2 aromatic rings. The Morgan fingerprint density at radius 2 is 1.93 bits per heavy atom. The first-order valence-corrected chi connectivity index (χ1v) is 9.60. The van der Waals surface area contributed by atoms with Crippen LogP contribution in [0, 0.1) is 0 Å². The molecule has 2 N–H and O–H groups in total. The summed E-state index contributed by atoms with van der Waals surface area (Å²) in [5.41, 5.74) is -0.711. The van der Waals surface area contributed by atoms with E-state index in [2.05, 4.69) is 26.6 Å². The van der Waals surface area contributed by atoms with Gasteiger partial charge in [0.25, 0.3) is 5.91 Å². The van der Waals surface area contributed by atoms with Gasteiger partial charge in [0, 0.05) is 12.7 Å². The third kappa shape index (κ3) is 6.84. The van der Waals surface area contributed by atoms with Gasteiger partial charge in [-0.15, -0.1) is 0 Å². The standard InChI is InChI=1S/C18H15BrClF3N2O3S/c1-27-6-7-28-15-5-2-10(8-12(15)19)16(26)25-17(29)24-14-9-11(18(21,22)23)3-4-13(14)20/h2-5,8-9H,6-7H2,1H3,(H2,24,25,26,29). The number of hydrogen-bond donors (Lipinski definition) is 2. The first kappa shape index (κ1) is 23.4. The highest BCUT2D eigenvalue weighted by Crippen LogP contribution is 2.33. The number of nitrogens with one attached hydrogen (secondary N) is 2. The second-order valence-electron chi connectivity index (χ2n) is 5.59. The van der Waals surface area contributed by atoms with Crippen molar-refractivity contribution in [2.45, 2.75) is 6.18 Å². The van der Waals surface area contributed by atoms with E-state index in [0.717, 1.165) is 18.2 Å². The summed E-state index contributed by atoms with van der Waals surface area (Å²) >= 11 is 14.2. The van der Waals surface area contributed by atoms with Crippen LogP contribution in [0.25, 0.3) is 0 Å². The summed E-state index contributed by atoms with van der Waals surface area (Å²) in [6.07, 6.45) is -4.54. The molecule has 0 saturated heterocycles. The first-order chi connectivity index (χ1) is 13.6. The van der Waals surface area contributed by atoms with Crippen LogP contribution in [-0.2, 0) is 10.9 Å². The molecule has 0 bridgehead atoms. The van der Waals surface area contributed by atoms with Gasteiger partial charge >= 0.3 is 6.18 Å². The fourth-order valence-electron chi connectivity index (χ4n) is 2.12. The van der Waals surface area contributed by atoms with Crippen molar-refractivity contribution in [3.8, 4) is 5.75 Å². The van der Waals surface area contributed by atoms with Crippen molar-refractivity contribution in [3.63, 3.8) is 0 Å². The number of methoxy groups -OCH3 is 1. The summed E-state index contributed by atoms with van der Waals surface area (Å²) in [4.78, 5) is 12.3. The number of thiocarbonyl (C=S) groups is 1. The smallest absolute Gasteiger partial charge is 0.416 e. The molecule has 2 aromatic carbocycles. The molecule has 0 aliphatic rings. The van der Waals surface area contributed by atoms with Crippen LogP contribution in [-0.4, -0.2) is 31.3 Å². The summed E-state index contributed by atoms with van der Waals surface area (Å²) in [6.45, 7) is 0.749. The number of carbonyl (C=O) groups excluding carboxylic acids is 1. The van der Waals surface area contributed by atoms with Crippen LogP contribution in [0.15, 0.2) is 40.9 Å². The minimum absolute atomic E-state index is 0.0231. The van der Waals surface area contributed by atoms with E-state index in [9.17, 15) is 18.0 Å². The van der Waals surface area contributed by atoms with Crippen molar-refractivity contribution < 1.29 is 27.4 Å². The highest BCUT2D eigenvalue weighted by molar-refractivity contribution is 9.10. The monoisotopic (exact) mass is 510 g/mol. The quantitative estimate of drug-likeness (QED) is 0.409. The molecular formula is C18H15BrClF3N2O3S. The first-order valence-electron chi connectivity index (χ1n) is 8.02. The number of amides is 1. The molecule has 11 heteroatoms. The number of halogens is 5. The molecule has 0 fully saturated rings. The van der Waals surface area contributed by atoms with Crippen molar-refractivity contribution in [1.29, 1.82) is 0 Å². The van der Waals surface area contributed by atoms with E-state index in [1.165, 1.54) is 12.1 Å². The van der Waals surface area contributed by atoms with Crippen molar-refractivity contribution in [3.05, 3.63) is 57.0 Å². The lowest BCUT2D eigenvalue weighted by Crippen LogP contribution is -2.34. The zero-order valence-electron chi connectivity index (χ0n) is 14.9. The van der Waals surface area contributed by atoms with E-state index in [0.29, 0.717) is 23.4 Å². The summed E-state index contributed by atoms with van der Waals surface area (Å²) in [7, 11) is 1.55. The third-order valence-corrected chi connectivity index (χ3v) is 4.66. The van der Waals surface area contributed by atoms with Crippen LogP contribution < -0.4 is 15.4 Å². The van der Waals surface area contributed by atoms with Crippen molar-refractivity contribution in [2.75, 3.05) is 25.6 Å². The molecule has 0 saturated carbocycles. The second kappa shape index (κ2) is 10.2. The van der Waals surface area contributed by atoms with E-state index >= 15 is 0 Å². The van der Waals surface area contributed by atoms with Crippen molar-refractivity contribution in [1.82, 2.24) is 5.32 Å². The van der Waals surface area contributed by atoms with Crippen LogP contribution in [0.3, 0.4) is 0 Å². The number of alkyl halides is 3. The maximum atomic E-state index is 12.8. The average molecular weight is 512 g/mol. The topological polar surface area (TPSA) is 59.6 Å². The fraction of sp³-hybridized carbons (Fsp3) is 0.222. The zero-order valence-corrected chi connectivity index (χ0v) is 18.1. The number of ether oxygens (including phenoxy) is 2. The molecule has 5 nitrogen and oxygen atoms in total. The van der Waals surface area contributed by atoms with E-state index in [-0.39, 0.29) is 21.4 Å². The Bertz CT molecular complexity index is 912. The zero-order chi connectivity index (χ0) is 21.6. The number of hydrogen-bond acceptors (Lipinski definition) is 4. The van der Waals surface area contributed by atoms with E-state index in [1.54, 1.807) is 13.2 Å². The van der Waals surface area contributed by atoms with Crippen molar-refractivity contribution >= 4 is 56.5 Å². The lowest BCUT2D eigenvalue weighted by Gasteiger charge is -2.14. The molecule has 0 atom stereocenters. The Morgan fingerprint density at radius 1 is 1.21 bits per heavy atom. The number of carbonyl (C=O) groups is 1. The highest BCUT2D eigenvalue weighted by atomic mass is 79.9. The molecule has 0 spiro atoms. The molecule has 0 aliphatic heterocycles. The van der Waals surface area contributed by atoms with Gasteiger partial charge in [-0.25, -0.2) is 0 Å². The van der Waals surface area contributed by atoms with Crippen LogP contribution >= 0.6 is 39.7 Å². The summed E-state index contributed by atoms with van der Waals surface area (Å²) in [6, 6.07) is 7.39. The molecule has 156 valence electrons. The van der Waals surface area contributed by atoms with Gasteiger partial charge in [-0.2, -0.15) is 13.2 Å². The molecule has 2 rings (SSSR count). The maximum Gasteiger partial charge on any atom is 0.416 e. The average Bonchev–Trinajstić information content (AvgIpc) is 2.64. The lowest BCUT2D eigenvalue weighted by atomic mass is 10.2. The Hall–Kier alpha value is -1.88. The van der Waals surface area contributed by atoms with E-state index in [1.807, 2.05) is 0 Å². The van der Waals surface area contributed by atoms with Gasteiger partial charge < -0.3 is 14.8 Å². The Kier molecular flexibility index (Phi) is 8.26. The van der Waals surface area contributed by atoms with Gasteiger partial charge in [0.05, 0.1) is 27.4 Å². The maximum absolute atomic E-state index is 12.8. The number of rotatable bonds is 6. The molecule has 0 unspecified atom stereocenters. The molecule has 0 aliphatic carbocycles. The van der Waals surface area contributed by atoms with Crippen LogP contribution in [0.2, 0.25) is 5.02 Å². The van der Waals surface area contributed by atoms with Gasteiger partial charge in [0.15, 0.2) is 5.11 Å². The largest absolute Gasteiger partial charge is 0.490 e. The van der Waals surface area contributed by atoms with Crippen LogP contribution in [0.5, 0.6) is 5.75 Å². The SMILES string of the molecule is COCCOc1ccc(C(=O)NC(=S)Nc2cc(C(F)(F)F)ccc2Cl)cc1Br. The summed E-state index contributed by atoms with van der Waals surface area (Å²) < 4.78 is 49.4. The van der Waals surface area contributed by atoms with Crippen LogP contribution in [0.4, 0.5) is 18.9 Å². The highest BCUT2D eigenvalue weighted by Gasteiger charge is 2.31. The van der Waals surface area contributed by atoms with Gasteiger partial charge in [-0.1, -0.05) is 11.6 Å². The molecule has 0 radical (unpaired) electrons. The summed E-state index contributed by atoms with van der Waals surface area (Å²) in [5.74, 6) is -0.0372. The predicted octanol–water partition coefficient (Wildman–Crippen LogP) is 5.27. The van der Waals surface area contributed by atoms with Gasteiger partial charge in [-0.3, -0.25) is 10.1 Å². The Balaban J connectivity index is 2.04. The predicted molar refractivity (Wildman–Crippen MR) is 112 cm³/mol. The Morgan fingerprint density at radius 3 is 2.55 bits per heavy atom. The fourth-order valence-corrected chi connectivity index (χ4v) is 2.98.